The van der Waals surface area contributed by atoms with Gasteiger partial charge in [-0.15, -0.1) is 0 Å². The summed E-state index contributed by atoms with van der Waals surface area (Å²) in [7, 11) is -3.92. The molecule has 2 N–H and O–H groups in total. The molecule has 32 heavy (non-hydrogen) atoms. The van der Waals surface area contributed by atoms with E-state index < -0.39 is 10.0 Å². The first-order valence-corrected chi connectivity index (χ1v) is 11.7. The van der Waals surface area contributed by atoms with E-state index in [0.29, 0.717) is 34.9 Å². The van der Waals surface area contributed by atoms with Crippen LogP contribution in [0.25, 0.3) is 0 Å². The van der Waals surface area contributed by atoms with Crippen molar-refractivity contribution in [2.24, 2.45) is 0 Å². The van der Waals surface area contributed by atoms with Crippen LogP contribution in [-0.4, -0.2) is 30.9 Å². The van der Waals surface area contributed by atoms with Crippen LogP contribution in [0.15, 0.2) is 59.8 Å². The summed E-state index contributed by atoms with van der Waals surface area (Å²) in [4.78, 5) is 20.5. The molecule has 0 spiro atoms. The van der Waals surface area contributed by atoms with Gasteiger partial charge in [0.1, 0.15) is 5.75 Å². The van der Waals surface area contributed by atoms with Gasteiger partial charge in [0.15, 0.2) is 0 Å². The first-order chi connectivity index (χ1) is 15.3. The van der Waals surface area contributed by atoms with E-state index in [0.717, 1.165) is 18.6 Å². The number of nitrogens with zero attached hydrogens (tertiary/aromatic N) is 2. The summed E-state index contributed by atoms with van der Waals surface area (Å²) < 4.78 is 33.1. The van der Waals surface area contributed by atoms with Crippen molar-refractivity contribution in [1.29, 1.82) is 0 Å². The van der Waals surface area contributed by atoms with Crippen LogP contribution in [0.4, 0.5) is 11.4 Å². The number of hydrogen-bond acceptors (Lipinski definition) is 6. The normalized spacial score (nSPS) is 11.1. The first-order valence-electron chi connectivity index (χ1n) is 10.3. The molecule has 0 radical (unpaired) electrons. The van der Waals surface area contributed by atoms with Gasteiger partial charge in [-0.1, -0.05) is 13.3 Å². The summed E-state index contributed by atoms with van der Waals surface area (Å²) in [5.74, 6) is 0.446. The fourth-order valence-corrected chi connectivity index (χ4v) is 3.94. The highest BCUT2D eigenvalue weighted by Gasteiger charge is 2.19. The van der Waals surface area contributed by atoms with Crippen LogP contribution >= 0.6 is 0 Å². The van der Waals surface area contributed by atoms with E-state index >= 15 is 0 Å². The molecule has 0 unspecified atom stereocenters. The van der Waals surface area contributed by atoms with E-state index in [1.807, 2.05) is 0 Å². The molecule has 8 nitrogen and oxygen atoms in total. The third-order valence-corrected chi connectivity index (χ3v) is 5.65. The predicted octanol–water partition coefficient (Wildman–Crippen LogP) is 4.33. The Morgan fingerprint density at radius 3 is 2.12 bits per heavy atom. The lowest BCUT2D eigenvalue weighted by Gasteiger charge is -2.10. The SMILES string of the molecule is CCCCOc1ccc(C(=O)Nc2ccc(NS(=O)(=O)c3nc(C)cc(C)n3)cc2)cc1. The second kappa shape index (κ2) is 10.2. The number of carbonyl (C=O) groups excluding carboxylic acids is 1. The number of unbranched alkanes of at least 4 members (excludes halogenated alkanes) is 1. The minimum atomic E-state index is -3.92. The van der Waals surface area contributed by atoms with E-state index in [1.165, 1.54) is 0 Å². The lowest BCUT2D eigenvalue weighted by molar-refractivity contribution is 0.102. The zero-order valence-corrected chi connectivity index (χ0v) is 19.1. The molecule has 1 amide bonds. The highest BCUT2D eigenvalue weighted by atomic mass is 32.2. The minimum absolute atomic E-state index is 0.276. The molecule has 9 heteroatoms. The topological polar surface area (TPSA) is 110 Å². The molecule has 2 aromatic carbocycles. The third-order valence-electron chi connectivity index (χ3n) is 4.48. The van der Waals surface area contributed by atoms with Gasteiger partial charge in [-0.2, -0.15) is 8.42 Å². The molecule has 0 aliphatic carbocycles. The van der Waals surface area contributed by atoms with Gasteiger partial charge in [-0.25, -0.2) is 9.97 Å². The molecule has 3 aromatic rings. The Morgan fingerprint density at radius 2 is 1.53 bits per heavy atom. The van der Waals surface area contributed by atoms with Gasteiger partial charge >= 0.3 is 0 Å². The number of nitrogens with one attached hydrogen (secondary N) is 2. The smallest absolute Gasteiger partial charge is 0.297 e. The quantitative estimate of drug-likeness (QED) is 0.368. The highest BCUT2D eigenvalue weighted by molar-refractivity contribution is 7.92. The number of aromatic nitrogens is 2. The Balaban J connectivity index is 1.62. The summed E-state index contributed by atoms with van der Waals surface area (Å²) in [6.07, 6.45) is 2.03. The monoisotopic (exact) mass is 454 g/mol. The Hall–Kier alpha value is -3.46. The van der Waals surface area contributed by atoms with Gasteiger partial charge in [-0.05, 0) is 74.9 Å². The number of sulfonamides is 1. The van der Waals surface area contributed by atoms with Gasteiger partial charge in [0.05, 0.1) is 6.61 Å². The number of aryl methyl sites for hydroxylation is 2. The number of carbonyl (C=O) groups is 1. The van der Waals surface area contributed by atoms with Crippen molar-refractivity contribution < 1.29 is 17.9 Å². The molecular formula is C23H26N4O4S. The standard InChI is InChI=1S/C23H26N4O4S/c1-4-5-14-31-21-12-6-18(7-13-21)22(28)26-19-8-10-20(11-9-19)27-32(29,30)23-24-16(2)15-17(3)25-23/h6-13,15,27H,4-5,14H2,1-3H3,(H,26,28). The summed E-state index contributed by atoms with van der Waals surface area (Å²) in [5, 5.41) is 2.50. The van der Waals surface area contributed by atoms with Crippen molar-refractivity contribution in [2.75, 3.05) is 16.6 Å². The fourth-order valence-electron chi connectivity index (χ4n) is 2.88. The molecule has 0 saturated heterocycles. The average molecular weight is 455 g/mol. The van der Waals surface area contributed by atoms with E-state index in [-0.39, 0.29) is 11.1 Å². The molecule has 0 atom stereocenters. The first kappa shape index (κ1) is 23.2. The highest BCUT2D eigenvalue weighted by Crippen LogP contribution is 2.19. The van der Waals surface area contributed by atoms with Gasteiger partial charge in [0, 0.05) is 28.3 Å². The average Bonchev–Trinajstić information content (AvgIpc) is 2.75. The Labute approximate surface area is 188 Å². The molecule has 168 valence electrons. The zero-order chi connectivity index (χ0) is 23.1. The number of amides is 1. The second-order valence-corrected chi connectivity index (χ2v) is 8.87. The lowest BCUT2D eigenvalue weighted by Crippen LogP contribution is -2.17. The van der Waals surface area contributed by atoms with Gasteiger partial charge < -0.3 is 10.1 Å². The van der Waals surface area contributed by atoms with Gasteiger partial charge in [0.25, 0.3) is 21.1 Å². The minimum Gasteiger partial charge on any atom is -0.494 e. The molecule has 0 fully saturated rings. The maximum Gasteiger partial charge on any atom is 0.297 e. The summed E-state index contributed by atoms with van der Waals surface area (Å²) in [6, 6.07) is 15.0. The van der Waals surface area contributed by atoms with Crippen LogP contribution in [-0.2, 0) is 10.0 Å². The third kappa shape index (κ3) is 6.27. The number of hydrogen-bond donors (Lipinski definition) is 2. The van der Waals surface area contributed by atoms with Crippen molar-refractivity contribution >= 4 is 27.3 Å². The van der Waals surface area contributed by atoms with Crippen LogP contribution in [0.1, 0.15) is 41.5 Å². The molecule has 3 rings (SSSR count). The van der Waals surface area contributed by atoms with Crippen molar-refractivity contribution in [3.05, 3.63) is 71.5 Å². The van der Waals surface area contributed by atoms with Crippen molar-refractivity contribution in [1.82, 2.24) is 9.97 Å². The van der Waals surface area contributed by atoms with E-state index in [4.69, 9.17) is 4.74 Å². The molecule has 0 bridgehead atoms. The van der Waals surface area contributed by atoms with Crippen LogP contribution in [0.3, 0.4) is 0 Å². The van der Waals surface area contributed by atoms with Crippen molar-refractivity contribution in [3.63, 3.8) is 0 Å². The van der Waals surface area contributed by atoms with E-state index in [9.17, 15) is 13.2 Å². The van der Waals surface area contributed by atoms with E-state index in [2.05, 4.69) is 26.9 Å². The number of benzene rings is 2. The predicted molar refractivity (Wildman–Crippen MR) is 124 cm³/mol. The molecule has 0 aliphatic heterocycles. The Kier molecular flexibility index (Phi) is 7.42. The summed E-state index contributed by atoms with van der Waals surface area (Å²) in [6.45, 7) is 6.15. The molecular weight excluding hydrogens is 428 g/mol. The summed E-state index contributed by atoms with van der Waals surface area (Å²) >= 11 is 0. The van der Waals surface area contributed by atoms with Gasteiger partial charge in [-0.3, -0.25) is 9.52 Å². The molecule has 1 aromatic heterocycles. The number of anilines is 2. The largest absolute Gasteiger partial charge is 0.494 e. The maximum absolute atomic E-state index is 12.5. The number of ether oxygens (including phenoxy) is 1. The van der Waals surface area contributed by atoms with Gasteiger partial charge in [0.2, 0.25) is 0 Å². The van der Waals surface area contributed by atoms with Crippen LogP contribution in [0.2, 0.25) is 0 Å². The fraction of sp³-hybridized carbons (Fsp3) is 0.261. The second-order valence-electron chi connectivity index (χ2n) is 7.30. The van der Waals surface area contributed by atoms with Crippen LogP contribution < -0.4 is 14.8 Å². The lowest BCUT2D eigenvalue weighted by atomic mass is 10.2. The number of rotatable bonds is 9. The van der Waals surface area contributed by atoms with E-state index in [1.54, 1.807) is 68.4 Å². The van der Waals surface area contributed by atoms with Crippen LogP contribution in [0.5, 0.6) is 5.75 Å². The molecule has 0 saturated carbocycles. The molecule has 1 heterocycles. The van der Waals surface area contributed by atoms with Crippen LogP contribution in [0, 0.1) is 13.8 Å². The van der Waals surface area contributed by atoms with Crippen molar-refractivity contribution in [3.8, 4) is 5.75 Å². The van der Waals surface area contributed by atoms with Crippen molar-refractivity contribution in [2.45, 2.75) is 38.8 Å². The Bertz CT molecular complexity index is 1160. The Morgan fingerprint density at radius 1 is 0.938 bits per heavy atom. The molecule has 0 aliphatic rings. The zero-order valence-electron chi connectivity index (χ0n) is 18.3. The maximum atomic E-state index is 12.5. The summed E-state index contributed by atoms with van der Waals surface area (Å²) in [5.41, 5.74) is 2.49.